The first-order valence-corrected chi connectivity index (χ1v) is 14.3. The number of benzene rings is 3. The number of carboxylic acids is 1. The Morgan fingerprint density at radius 1 is 0.925 bits per heavy atom. The molecule has 0 saturated heterocycles. The molecule has 210 valence electrons. The van der Waals surface area contributed by atoms with Gasteiger partial charge in [-0.05, 0) is 97.0 Å². The van der Waals surface area contributed by atoms with Crippen molar-refractivity contribution in [3.63, 3.8) is 0 Å². The van der Waals surface area contributed by atoms with Gasteiger partial charge < -0.3 is 5.11 Å². The first kappa shape index (κ1) is 30.0. The van der Waals surface area contributed by atoms with Crippen molar-refractivity contribution in [2.75, 3.05) is 6.67 Å². The van der Waals surface area contributed by atoms with Crippen LogP contribution >= 0.6 is 23.2 Å². The molecule has 0 spiro atoms. The second kappa shape index (κ2) is 13.6. The smallest absolute Gasteiger partial charge is 0.335 e. The Kier molecular flexibility index (Phi) is 10.2. The Bertz CT molecular complexity index is 1480. The zero-order valence-electron chi connectivity index (χ0n) is 22.3. The van der Waals surface area contributed by atoms with E-state index in [0.29, 0.717) is 65.3 Å². The zero-order chi connectivity index (χ0) is 28.8. The Labute approximate surface area is 243 Å². The monoisotopic (exact) mass is 586 g/mol. The molecule has 0 bridgehead atoms. The molecule has 7 heteroatoms. The Balaban J connectivity index is 1.89. The van der Waals surface area contributed by atoms with Gasteiger partial charge in [-0.1, -0.05) is 72.5 Å². The number of aryl methyl sites for hydroxylation is 1. The second-order valence-corrected chi connectivity index (χ2v) is 10.8. The van der Waals surface area contributed by atoms with Crippen molar-refractivity contribution < 1.29 is 23.1 Å². The lowest BCUT2D eigenvalue weighted by atomic mass is 9.86. The van der Waals surface area contributed by atoms with Gasteiger partial charge in [0.2, 0.25) is 0 Å². The van der Waals surface area contributed by atoms with E-state index in [0.717, 1.165) is 29.6 Å². The van der Waals surface area contributed by atoms with E-state index >= 15 is 8.78 Å². The van der Waals surface area contributed by atoms with E-state index < -0.39 is 17.6 Å². The van der Waals surface area contributed by atoms with Gasteiger partial charge in [0.1, 0.15) is 0 Å². The lowest BCUT2D eigenvalue weighted by Gasteiger charge is -2.19. The van der Waals surface area contributed by atoms with Gasteiger partial charge in [-0.3, -0.25) is 4.39 Å². The van der Waals surface area contributed by atoms with E-state index in [1.165, 1.54) is 6.07 Å². The van der Waals surface area contributed by atoms with Gasteiger partial charge in [0, 0.05) is 21.2 Å². The minimum Gasteiger partial charge on any atom is -0.478 e. The van der Waals surface area contributed by atoms with E-state index in [1.807, 2.05) is 6.92 Å². The quantitative estimate of drug-likeness (QED) is 0.240. The molecule has 0 radical (unpaired) electrons. The Morgan fingerprint density at radius 3 is 2.38 bits per heavy atom. The minimum absolute atomic E-state index is 0.0860. The standard InChI is InChI=1S/C33H31Cl2F3O2/c1-2-20(7-4-3-5-16-36)17-22-10-14-28(32(38)31(22)37)30-25-13-11-23(33(39)40)18-21(25)8-6-9-27(30)26-15-12-24(34)19-29(26)35/h10-15,17-19H,2-9,16H2,1H3,(H,39,40)/b20-17-. The average molecular weight is 588 g/mol. The number of halogens is 5. The SMILES string of the molecule is CC/C(=C/c1ccc(C2=C(c3ccc(Cl)cc3Cl)CCCc3cc(C(=O)O)ccc32)c(F)c1F)CCCCCF. The van der Waals surface area contributed by atoms with Crippen molar-refractivity contribution in [2.45, 2.75) is 58.3 Å². The summed E-state index contributed by atoms with van der Waals surface area (Å²) in [7, 11) is 0. The zero-order valence-corrected chi connectivity index (χ0v) is 23.8. The molecule has 0 aliphatic heterocycles. The van der Waals surface area contributed by atoms with Crippen LogP contribution in [0.2, 0.25) is 10.0 Å². The topological polar surface area (TPSA) is 37.3 Å². The molecule has 3 aromatic rings. The highest BCUT2D eigenvalue weighted by Gasteiger charge is 2.26. The van der Waals surface area contributed by atoms with E-state index in [-0.39, 0.29) is 23.4 Å². The summed E-state index contributed by atoms with van der Waals surface area (Å²) < 4.78 is 44.1. The number of carboxylic acid groups (broad SMARTS) is 1. The number of allylic oxidation sites excluding steroid dienone is 2. The minimum atomic E-state index is -1.05. The fourth-order valence-corrected chi connectivity index (χ4v) is 5.82. The van der Waals surface area contributed by atoms with Crippen LogP contribution in [0, 0.1) is 11.6 Å². The maximum absolute atomic E-state index is 16.0. The summed E-state index contributed by atoms with van der Waals surface area (Å²) in [6.07, 6.45) is 6.86. The summed E-state index contributed by atoms with van der Waals surface area (Å²) in [6.45, 7) is 1.61. The average Bonchev–Trinajstić information content (AvgIpc) is 3.12. The van der Waals surface area contributed by atoms with E-state index in [2.05, 4.69) is 0 Å². The van der Waals surface area contributed by atoms with Crippen LogP contribution in [-0.2, 0) is 6.42 Å². The summed E-state index contributed by atoms with van der Waals surface area (Å²) in [6, 6.07) is 13.0. The molecule has 1 N–H and O–H groups in total. The summed E-state index contributed by atoms with van der Waals surface area (Å²) in [5.41, 5.74) is 4.65. The highest BCUT2D eigenvalue weighted by atomic mass is 35.5. The molecular formula is C33H31Cl2F3O2. The van der Waals surface area contributed by atoms with Crippen LogP contribution in [-0.4, -0.2) is 17.8 Å². The van der Waals surface area contributed by atoms with Crippen molar-refractivity contribution in [1.29, 1.82) is 0 Å². The number of hydrogen-bond donors (Lipinski definition) is 1. The predicted molar refractivity (Wildman–Crippen MR) is 158 cm³/mol. The lowest BCUT2D eigenvalue weighted by Crippen LogP contribution is -2.04. The molecule has 1 aliphatic carbocycles. The maximum atomic E-state index is 16.0. The molecule has 0 saturated carbocycles. The third-order valence-corrected chi connectivity index (χ3v) is 7.93. The van der Waals surface area contributed by atoms with Crippen LogP contribution in [0.3, 0.4) is 0 Å². The van der Waals surface area contributed by atoms with Crippen LogP contribution in [0.25, 0.3) is 17.2 Å². The largest absolute Gasteiger partial charge is 0.478 e. The van der Waals surface area contributed by atoms with Crippen molar-refractivity contribution in [3.05, 3.63) is 109 Å². The number of hydrogen-bond acceptors (Lipinski definition) is 1. The van der Waals surface area contributed by atoms with Crippen LogP contribution in [0.1, 0.15) is 90.0 Å². The molecule has 4 rings (SSSR count). The molecule has 2 nitrogen and oxygen atoms in total. The lowest BCUT2D eigenvalue weighted by molar-refractivity contribution is 0.0696. The molecule has 0 unspecified atom stereocenters. The van der Waals surface area contributed by atoms with Gasteiger partial charge in [-0.2, -0.15) is 0 Å². The van der Waals surface area contributed by atoms with Crippen molar-refractivity contribution in [3.8, 4) is 0 Å². The number of carbonyl (C=O) groups is 1. The Hall–Kier alpha value is -3.02. The molecule has 40 heavy (non-hydrogen) atoms. The van der Waals surface area contributed by atoms with E-state index in [9.17, 15) is 14.3 Å². The molecule has 0 aromatic heterocycles. The predicted octanol–water partition coefficient (Wildman–Crippen LogP) is 10.6. The summed E-state index contributed by atoms with van der Waals surface area (Å²) in [5.74, 6) is -2.98. The summed E-state index contributed by atoms with van der Waals surface area (Å²) >= 11 is 12.7. The van der Waals surface area contributed by atoms with Gasteiger partial charge in [0.05, 0.1) is 12.2 Å². The maximum Gasteiger partial charge on any atom is 0.335 e. The molecule has 0 heterocycles. The first-order chi connectivity index (χ1) is 19.2. The van der Waals surface area contributed by atoms with Crippen molar-refractivity contribution in [1.82, 2.24) is 0 Å². The third-order valence-electron chi connectivity index (χ3n) is 7.38. The molecular weight excluding hydrogens is 556 g/mol. The van der Waals surface area contributed by atoms with Crippen LogP contribution in [0.15, 0.2) is 54.1 Å². The van der Waals surface area contributed by atoms with Crippen molar-refractivity contribution >= 4 is 46.4 Å². The van der Waals surface area contributed by atoms with Crippen LogP contribution in [0.4, 0.5) is 13.2 Å². The van der Waals surface area contributed by atoms with Crippen LogP contribution in [0.5, 0.6) is 0 Å². The summed E-state index contributed by atoms with van der Waals surface area (Å²) in [4.78, 5) is 11.7. The Morgan fingerprint density at radius 2 is 1.68 bits per heavy atom. The van der Waals surface area contributed by atoms with Gasteiger partial charge in [-0.25, -0.2) is 13.6 Å². The van der Waals surface area contributed by atoms with Gasteiger partial charge >= 0.3 is 5.97 Å². The van der Waals surface area contributed by atoms with E-state index in [4.69, 9.17) is 23.2 Å². The van der Waals surface area contributed by atoms with Crippen molar-refractivity contribution in [2.24, 2.45) is 0 Å². The highest BCUT2D eigenvalue weighted by molar-refractivity contribution is 6.36. The van der Waals surface area contributed by atoms with E-state index in [1.54, 1.807) is 48.5 Å². The number of rotatable bonds is 10. The number of alkyl halides is 1. The molecule has 3 aromatic carbocycles. The normalized spacial score (nSPS) is 13.8. The molecule has 0 atom stereocenters. The highest BCUT2D eigenvalue weighted by Crippen LogP contribution is 2.43. The van der Waals surface area contributed by atoms with Gasteiger partial charge in [0.25, 0.3) is 0 Å². The fourth-order valence-electron chi connectivity index (χ4n) is 5.30. The summed E-state index contributed by atoms with van der Waals surface area (Å²) in [5, 5.41) is 10.4. The van der Waals surface area contributed by atoms with Gasteiger partial charge in [-0.15, -0.1) is 0 Å². The van der Waals surface area contributed by atoms with Crippen LogP contribution < -0.4 is 0 Å². The molecule has 0 fully saturated rings. The molecule has 1 aliphatic rings. The second-order valence-electron chi connectivity index (χ2n) is 9.99. The molecule has 0 amide bonds. The third kappa shape index (κ3) is 6.64. The number of fused-ring (bicyclic) bond motifs is 1. The first-order valence-electron chi connectivity index (χ1n) is 13.5. The van der Waals surface area contributed by atoms with Gasteiger partial charge in [0.15, 0.2) is 11.6 Å². The number of unbranched alkanes of at least 4 members (excludes halogenated alkanes) is 2. The fraction of sp³-hybridized carbons (Fsp3) is 0.303. The number of aromatic carboxylic acids is 1.